The molecule has 134 valence electrons. The average Bonchev–Trinajstić information content (AvgIpc) is 2.47. The smallest absolute Gasteiger partial charge is 0.402 e. The normalized spacial score (nSPS) is 11.6. The molecule has 0 aliphatic carbocycles. The van der Waals surface area contributed by atoms with Crippen LogP contribution in [0, 0.1) is 0 Å². The fraction of sp³-hybridized carbons (Fsp3) is 0.938. The standard InChI is InChI=1S/C15H32O3.CH3NO2/c1-2-3-4-5-6-7-8-9-10-11-12-18-14-15(17)13-16;2-1(3)4/h15-17H,2-14H2,1H3;2H2,(H,3,4). The van der Waals surface area contributed by atoms with Gasteiger partial charge in [0.15, 0.2) is 0 Å². The van der Waals surface area contributed by atoms with Crippen LogP contribution in [0.1, 0.15) is 71.1 Å². The second kappa shape index (κ2) is 20.1. The van der Waals surface area contributed by atoms with Gasteiger partial charge in [0.2, 0.25) is 0 Å². The van der Waals surface area contributed by atoms with E-state index >= 15 is 0 Å². The molecule has 6 heteroatoms. The van der Waals surface area contributed by atoms with Crippen molar-refractivity contribution in [2.45, 2.75) is 77.2 Å². The third-order valence-corrected chi connectivity index (χ3v) is 3.16. The van der Waals surface area contributed by atoms with Gasteiger partial charge in [-0.05, 0) is 6.42 Å². The molecule has 1 amide bonds. The summed E-state index contributed by atoms with van der Waals surface area (Å²) < 4.78 is 5.25. The fourth-order valence-corrected chi connectivity index (χ4v) is 1.96. The lowest BCUT2D eigenvalue weighted by molar-refractivity contribution is 0.00526. The molecule has 0 saturated heterocycles. The summed E-state index contributed by atoms with van der Waals surface area (Å²) >= 11 is 0. The quantitative estimate of drug-likeness (QED) is 0.367. The molecule has 5 N–H and O–H groups in total. The highest BCUT2D eigenvalue weighted by molar-refractivity contribution is 5.61. The first-order valence-corrected chi connectivity index (χ1v) is 8.39. The Hall–Kier alpha value is -0.850. The van der Waals surface area contributed by atoms with Gasteiger partial charge in [-0.15, -0.1) is 0 Å². The maximum absolute atomic E-state index is 9.04. The number of rotatable bonds is 14. The molecule has 0 spiro atoms. The molecular formula is C16H35NO5. The number of hydrogen-bond acceptors (Lipinski definition) is 4. The maximum Gasteiger partial charge on any atom is 0.402 e. The molecule has 0 aromatic carbocycles. The van der Waals surface area contributed by atoms with Crippen LogP contribution in [0.4, 0.5) is 4.79 Å². The van der Waals surface area contributed by atoms with Gasteiger partial charge in [-0.25, -0.2) is 4.79 Å². The van der Waals surface area contributed by atoms with E-state index in [1.165, 1.54) is 57.8 Å². The minimum absolute atomic E-state index is 0.210. The predicted molar refractivity (Wildman–Crippen MR) is 88.0 cm³/mol. The van der Waals surface area contributed by atoms with Gasteiger partial charge in [0, 0.05) is 6.61 Å². The van der Waals surface area contributed by atoms with Crippen LogP contribution in [0.3, 0.4) is 0 Å². The number of ether oxygens (including phenoxy) is 1. The summed E-state index contributed by atoms with van der Waals surface area (Å²) in [6, 6.07) is 0. The molecule has 0 heterocycles. The summed E-state index contributed by atoms with van der Waals surface area (Å²) in [5, 5.41) is 24.8. The van der Waals surface area contributed by atoms with E-state index in [2.05, 4.69) is 12.7 Å². The van der Waals surface area contributed by atoms with E-state index in [4.69, 9.17) is 24.9 Å². The van der Waals surface area contributed by atoms with E-state index in [0.29, 0.717) is 6.61 Å². The Morgan fingerprint density at radius 1 is 1.00 bits per heavy atom. The molecule has 0 aliphatic heterocycles. The Kier molecular flexibility index (Phi) is 21.4. The lowest BCUT2D eigenvalue weighted by atomic mass is 10.1. The highest BCUT2D eigenvalue weighted by atomic mass is 16.5. The van der Waals surface area contributed by atoms with Gasteiger partial charge in [-0.1, -0.05) is 64.7 Å². The fourth-order valence-electron chi connectivity index (χ4n) is 1.96. The van der Waals surface area contributed by atoms with Gasteiger partial charge in [-0.2, -0.15) is 0 Å². The predicted octanol–water partition coefficient (Wildman–Crippen LogP) is 2.90. The van der Waals surface area contributed by atoms with E-state index in [1.54, 1.807) is 0 Å². The monoisotopic (exact) mass is 321 g/mol. The molecular weight excluding hydrogens is 286 g/mol. The van der Waals surface area contributed by atoms with Crippen LogP contribution in [-0.2, 0) is 4.74 Å². The number of amides is 1. The Labute approximate surface area is 134 Å². The minimum atomic E-state index is -1.33. The average molecular weight is 321 g/mol. The van der Waals surface area contributed by atoms with Gasteiger partial charge in [0.1, 0.15) is 6.10 Å². The van der Waals surface area contributed by atoms with Crippen LogP contribution in [0.5, 0.6) is 0 Å². The summed E-state index contributed by atoms with van der Waals surface area (Å²) in [4.78, 5) is 8.78. The Morgan fingerprint density at radius 3 is 1.82 bits per heavy atom. The van der Waals surface area contributed by atoms with Crippen molar-refractivity contribution < 1.29 is 24.9 Å². The largest absolute Gasteiger partial charge is 0.465 e. The summed E-state index contributed by atoms with van der Waals surface area (Å²) in [5.74, 6) is 0. The van der Waals surface area contributed by atoms with Crippen molar-refractivity contribution in [3.63, 3.8) is 0 Å². The zero-order valence-corrected chi connectivity index (χ0v) is 14.0. The van der Waals surface area contributed by atoms with Crippen LogP contribution >= 0.6 is 0 Å². The molecule has 1 unspecified atom stereocenters. The minimum Gasteiger partial charge on any atom is -0.465 e. The summed E-state index contributed by atoms with van der Waals surface area (Å²) in [7, 11) is 0. The third-order valence-electron chi connectivity index (χ3n) is 3.16. The highest BCUT2D eigenvalue weighted by Gasteiger charge is 2.00. The van der Waals surface area contributed by atoms with Gasteiger partial charge < -0.3 is 25.8 Å². The van der Waals surface area contributed by atoms with Crippen molar-refractivity contribution in [3.8, 4) is 0 Å². The van der Waals surface area contributed by atoms with Gasteiger partial charge in [-0.3, -0.25) is 0 Å². The molecule has 0 rings (SSSR count). The van der Waals surface area contributed by atoms with E-state index < -0.39 is 12.2 Å². The van der Waals surface area contributed by atoms with Crippen LogP contribution in [0.15, 0.2) is 0 Å². The molecule has 6 nitrogen and oxygen atoms in total. The highest BCUT2D eigenvalue weighted by Crippen LogP contribution is 2.10. The third kappa shape index (κ3) is 27.5. The van der Waals surface area contributed by atoms with Crippen molar-refractivity contribution in [1.82, 2.24) is 0 Å². The van der Waals surface area contributed by atoms with Gasteiger partial charge in [0.25, 0.3) is 0 Å². The number of primary amides is 1. The van der Waals surface area contributed by atoms with E-state index in [9.17, 15) is 0 Å². The van der Waals surface area contributed by atoms with E-state index in [-0.39, 0.29) is 13.2 Å². The first-order valence-electron chi connectivity index (χ1n) is 8.39. The molecule has 22 heavy (non-hydrogen) atoms. The molecule has 0 aliphatic rings. The number of carboxylic acid groups (broad SMARTS) is 1. The SMILES string of the molecule is CCCCCCCCCCCCOCC(O)CO.NC(=O)O. The zero-order chi connectivity index (χ0) is 17.1. The molecule has 0 bridgehead atoms. The molecule has 0 radical (unpaired) electrons. The van der Waals surface area contributed by atoms with Crippen molar-refractivity contribution in [2.24, 2.45) is 5.73 Å². The second-order valence-corrected chi connectivity index (χ2v) is 5.43. The van der Waals surface area contributed by atoms with Crippen LogP contribution in [0.2, 0.25) is 0 Å². The number of nitrogens with two attached hydrogens (primary N) is 1. The van der Waals surface area contributed by atoms with Crippen LogP contribution in [-0.4, -0.2) is 47.3 Å². The molecule has 0 aromatic heterocycles. The Morgan fingerprint density at radius 2 is 1.41 bits per heavy atom. The molecule has 0 saturated carbocycles. The zero-order valence-electron chi connectivity index (χ0n) is 14.0. The lowest BCUT2D eigenvalue weighted by Crippen LogP contribution is -2.19. The summed E-state index contributed by atoms with van der Waals surface area (Å²) in [6.45, 7) is 3.00. The number of unbranched alkanes of at least 4 members (excludes halogenated alkanes) is 9. The number of carbonyl (C=O) groups is 1. The van der Waals surface area contributed by atoms with Crippen molar-refractivity contribution in [1.29, 1.82) is 0 Å². The van der Waals surface area contributed by atoms with Gasteiger partial charge in [0.05, 0.1) is 13.2 Å². The first-order chi connectivity index (χ1) is 10.5. The van der Waals surface area contributed by atoms with Crippen LogP contribution in [0.25, 0.3) is 0 Å². The summed E-state index contributed by atoms with van der Waals surface area (Å²) in [5.41, 5.74) is 4.03. The van der Waals surface area contributed by atoms with Gasteiger partial charge >= 0.3 is 6.09 Å². The summed E-state index contributed by atoms with van der Waals surface area (Å²) in [6.07, 6.45) is 11.1. The van der Waals surface area contributed by atoms with Crippen molar-refractivity contribution in [2.75, 3.05) is 19.8 Å². The number of aliphatic hydroxyl groups excluding tert-OH is 2. The van der Waals surface area contributed by atoms with Crippen molar-refractivity contribution in [3.05, 3.63) is 0 Å². The Bertz CT molecular complexity index is 223. The first kappa shape index (κ1) is 23.4. The molecule has 0 fully saturated rings. The number of hydrogen-bond donors (Lipinski definition) is 4. The van der Waals surface area contributed by atoms with Crippen molar-refractivity contribution >= 4 is 6.09 Å². The number of aliphatic hydroxyl groups is 2. The Balaban J connectivity index is 0. The molecule has 0 aromatic rings. The topological polar surface area (TPSA) is 113 Å². The molecule has 1 atom stereocenters. The second-order valence-electron chi connectivity index (χ2n) is 5.43. The van der Waals surface area contributed by atoms with E-state index in [0.717, 1.165) is 6.42 Å². The van der Waals surface area contributed by atoms with E-state index in [1.807, 2.05) is 0 Å². The van der Waals surface area contributed by atoms with Crippen LogP contribution < -0.4 is 5.73 Å². The lowest BCUT2D eigenvalue weighted by Gasteiger charge is -2.07. The maximum atomic E-state index is 9.04.